The lowest BCUT2D eigenvalue weighted by Gasteiger charge is -2.34. The van der Waals surface area contributed by atoms with Crippen LogP contribution in [0.2, 0.25) is 0 Å². The SMILES string of the molecule is Cc1cccc(Cn2cccc2CN(C(=O)Nc2cc(C(F)(F)F)cc(C(F)(F)F)c2)C2CCCCC2)c1. The predicted molar refractivity (Wildman–Crippen MR) is 133 cm³/mol. The third-order valence-corrected chi connectivity index (χ3v) is 6.81. The van der Waals surface area contributed by atoms with Crippen LogP contribution in [0.15, 0.2) is 60.8 Å². The molecule has 0 bridgehead atoms. The second kappa shape index (κ2) is 11.1. The largest absolute Gasteiger partial charge is 0.416 e. The molecule has 10 heteroatoms. The van der Waals surface area contributed by atoms with Gasteiger partial charge in [-0.3, -0.25) is 0 Å². The Bertz CT molecular complexity index is 1230. The molecule has 204 valence electrons. The van der Waals surface area contributed by atoms with Gasteiger partial charge in [0.2, 0.25) is 0 Å². The van der Waals surface area contributed by atoms with E-state index in [2.05, 4.69) is 11.4 Å². The van der Waals surface area contributed by atoms with Crippen molar-refractivity contribution in [3.05, 3.63) is 88.7 Å². The van der Waals surface area contributed by atoms with Gasteiger partial charge in [0, 0.05) is 30.2 Å². The maximum Gasteiger partial charge on any atom is 0.416 e. The minimum atomic E-state index is -5.00. The van der Waals surface area contributed by atoms with Gasteiger partial charge < -0.3 is 14.8 Å². The van der Waals surface area contributed by atoms with Gasteiger partial charge in [0.15, 0.2) is 0 Å². The number of carbonyl (C=O) groups is 1. The summed E-state index contributed by atoms with van der Waals surface area (Å²) < 4.78 is 82.0. The molecule has 4 rings (SSSR count). The van der Waals surface area contributed by atoms with Gasteiger partial charge in [-0.25, -0.2) is 4.79 Å². The van der Waals surface area contributed by atoms with E-state index in [1.54, 1.807) is 0 Å². The highest BCUT2D eigenvalue weighted by atomic mass is 19.4. The Morgan fingerprint density at radius 3 is 2.18 bits per heavy atom. The summed E-state index contributed by atoms with van der Waals surface area (Å²) in [6.45, 7) is 2.72. The van der Waals surface area contributed by atoms with Crippen LogP contribution in [0.3, 0.4) is 0 Å². The first-order valence-corrected chi connectivity index (χ1v) is 12.5. The van der Waals surface area contributed by atoms with Gasteiger partial charge in [-0.1, -0.05) is 49.1 Å². The molecule has 1 aromatic heterocycles. The van der Waals surface area contributed by atoms with Crippen LogP contribution < -0.4 is 5.32 Å². The van der Waals surface area contributed by atoms with Crippen molar-refractivity contribution in [2.24, 2.45) is 0 Å². The van der Waals surface area contributed by atoms with Crippen LogP contribution in [-0.2, 0) is 25.4 Å². The van der Waals surface area contributed by atoms with Gasteiger partial charge in [0.05, 0.1) is 17.7 Å². The summed E-state index contributed by atoms with van der Waals surface area (Å²) in [7, 11) is 0. The molecular weight excluding hydrogens is 508 g/mol. The lowest BCUT2D eigenvalue weighted by Crippen LogP contribution is -2.43. The molecule has 4 nitrogen and oxygen atoms in total. The van der Waals surface area contributed by atoms with Crippen LogP contribution in [-0.4, -0.2) is 21.5 Å². The van der Waals surface area contributed by atoms with Crippen LogP contribution >= 0.6 is 0 Å². The number of aryl methyl sites for hydroxylation is 1. The first kappa shape index (κ1) is 27.6. The maximum atomic E-state index is 13.4. The van der Waals surface area contributed by atoms with Crippen molar-refractivity contribution in [3.8, 4) is 0 Å². The number of anilines is 1. The highest BCUT2D eigenvalue weighted by Gasteiger charge is 2.37. The molecule has 0 saturated heterocycles. The summed E-state index contributed by atoms with van der Waals surface area (Å²) in [5.41, 5.74) is -0.503. The number of nitrogens with zero attached hydrogens (tertiary/aromatic N) is 2. The Balaban J connectivity index is 1.61. The highest BCUT2D eigenvalue weighted by molar-refractivity contribution is 5.89. The van der Waals surface area contributed by atoms with Crippen molar-refractivity contribution >= 4 is 11.7 Å². The Labute approximate surface area is 217 Å². The Morgan fingerprint density at radius 1 is 0.921 bits per heavy atom. The normalized spacial score (nSPS) is 14.9. The summed E-state index contributed by atoms with van der Waals surface area (Å²) >= 11 is 0. The molecule has 0 spiro atoms. The zero-order valence-corrected chi connectivity index (χ0v) is 20.9. The topological polar surface area (TPSA) is 37.3 Å². The maximum absolute atomic E-state index is 13.4. The number of nitrogens with one attached hydrogen (secondary N) is 1. The van der Waals surface area contributed by atoms with Gasteiger partial charge in [-0.15, -0.1) is 0 Å². The molecule has 1 fully saturated rings. The summed E-state index contributed by atoms with van der Waals surface area (Å²) in [6, 6.07) is 11.9. The average molecular weight is 538 g/mol. The van der Waals surface area contributed by atoms with Crippen molar-refractivity contribution in [2.75, 3.05) is 5.32 Å². The molecule has 0 aliphatic heterocycles. The van der Waals surface area contributed by atoms with E-state index >= 15 is 0 Å². The van der Waals surface area contributed by atoms with Crippen LogP contribution in [0.4, 0.5) is 36.8 Å². The molecule has 1 N–H and O–H groups in total. The van der Waals surface area contributed by atoms with Gasteiger partial charge >= 0.3 is 18.4 Å². The second-order valence-electron chi connectivity index (χ2n) is 9.76. The zero-order valence-electron chi connectivity index (χ0n) is 20.9. The fraction of sp³-hybridized carbons (Fsp3) is 0.393. The van der Waals surface area contributed by atoms with E-state index in [-0.39, 0.29) is 18.7 Å². The van der Waals surface area contributed by atoms with Gasteiger partial charge in [0.25, 0.3) is 0 Å². The molecular formula is C28H29F6N3O. The second-order valence-corrected chi connectivity index (χ2v) is 9.76. The highest BCUT2D eigenvalue weighted by Crippen LogP contribution is 2.38. The van der Waals surface area contributed by atoms with E-state index in [1.807, 2.05) is 48.0 Å². The number of hydrogen-bond donors (Lipinski definition) is 1. The first-order valence-electron chi connectivity index (χ1n) is 12.5. The lowest BCUT2D eigenvalue weighted by molar-refractivity contribution is -0.143. The summed E-state index contributed by atoms with van der Waals surface area (Å²) in [5.74, 6) is 0. The first-order chi connectivity index (χ1) is 17.9. The van der Waals surface area contributed by atoms with Crippen LogP contribution in [0.25, 0.3) is 0 Å². The molecule has 1 saturated carbocycles. The third kappa shape index (κ3) is 6.90. The summed E-state index contributed by atoms with van der Waals surface area (Å²) in [6.07, 6.45) is -3.90. The molecule has 1 aliphatic rings. The van der Waals surface area contributed by atoms with E-state index < -0.39 is 35.2 Å². The van der Waals surface area contributed by atoms with Crippen LogP contribution in [0, 0.1) is 6.92 Å². The van der Waals surface area contributed by atoms with E-state index in [0.717, 1.165) is 36.1 Å². The number of carbonyl (C=O) groups excluding carboxylic acids is 1. The number of rotatable bonds is 6. The van der Waals surface area contributed by atoms with Crippen molar-refractivity contribution in [3.63, 3.8) is 0 Å². The fourth-order valence-electron chi connectivity index (χ4n) is 4.91. The number of halogens is 6. The molecule has 3 aromatic rings. The van der Waals surface area contributed by atoms with Crippen LogP contribution in [0.5, 0.6) is 0 Å². The monoisotopic (exact) mass is 537 g/mol. The number of amides is 2. The molecule has 0 unspecified atom stereocenters. The fourth-order valence-corrected chi connectivity index (χ4v) is 4.91. The van der Waals surface area contributed by atoms with Crippen molar-refractivity contribution in [1.82, 2.24) is 9.47 Å². The molecule has 2 amide bonds. The number of hydrogen-bond acceptors (Lipinski definition) is 1. The predicted octanol–water partition coefficient (Wildman–Crippen LogP) is 8.25. The third-order valence-electron chi connectivity index (χ3n) is 6.81. The minimum Gasteiger partial charge on any atom is -0.345 e. The zero-order chi connectivity index (χ0) is 27.5. The molecule has 2 aromatic carbocycles. The van der Waals surface area contributed by atoms with Gasteiger partial charge in [-0.05, 0) is 55.7 Å². The minimum absolute atomic E-state index is 0.0484. The standard InChI is InChI=1S/C28H29F6N3O/c1-19-7-5-8-20(13-19)17-36-12-6-11-25(36)18-37(24-9-3-2-4-10-24)26(38)35-23-15-21(27(29,30)31)14-22(16-23)28(32,33)34/h5-8,11-16,24H,2-4,9-10,17-18H2,1H3,(H,35,38). The number of aromatic nitrogens is 1. The number of urea groups is 1. The van der Waals surface area contributed by atoms with E-state index in [1.165, 1.54) is 4.90 Å². The molecule has 38 heavy (non-hydrogen) atoms. The van der Waals surface area contributed by atoms with Crippen molar-refractivity contribution < 1.29 is 31.1 Å². The van der Waals surface area contributed by atoms with E-state index in [9.17, 15) is 31.1 Å². The number of alkyl halides is 6. The van der Waals surface area contributed by atoms with Crippen molar-refractivity contribution in [1.29, 1.82) is 0 Å². The molecule has 0 radical (unpaired) electrons. The summed E-state index contributed by atoms with van der Waals surface area (Å²) in [5, 5.41) is 2.33. The molecule has 1 aliphatic carbocycles. The smallest absolute Gasteiger partial charge is 0.345 e. The Morgan fingerprint density at radius 2 is 1.58 bits per heavy atom. The average Bonchev–Trinajstić information content (AvgIpc) is 3.28. The molecule has 1 heterocycles. The van der Waals surface area contributed by atoms with E-state index in [4.69, 9.17) is 0 Å². The van der Waals surface area contributed by atoms with Crippen LogP contribution in [0.1, 0.15) is 60.1 Å². The summed E-state index contributed by atoms with van der Waals surface area (Å²) in [4.78, 5) is 15.0. The van der Waals surface area contributed by atoms with E-state index in [0.29, 0.717) is 31.5 Å². The molecule has 0 atom stereocenters. The lowest BCUT2D eigenvalue weighted by atomic mass is 9.94. The quantitative estimate of drug-likeness (QED) is 0.316. The van der Waals surface area contributed by atoms with Crippen molar-refractivity contribution in [2.45, 2.75) is 70.5 Å². The Kier molecular flexibility index (Phi) is 8.08. The van der Waals surface area contributed by atoms with Gasteiger partial charge in [0.1, 0.15) is 0 Å². The van der Waals surface area contributed by atoms with Gasteiger partial charge in [-0.2, -0.15) is 26.3 Å². The Hall–Kier alpha value is -3.43. The number of benzene rings is 2.